The summed E-state index contributed by atoms with van der Waals surface area (Å²) in [6.07, 6.45) is 0. The summed E-state index contributed by atoms with van der Waals surface area (Å²) >= 11 is 4.87. The molecule has 0 saturated heterocycles. The SMILES string of the molecule is Cc1c([N+](=O)[O-])cc2[nH]c(=O)c(=O)[nH]c2c1-c1nc(=S)[nH][nH]1. The van der Waals surface area contributed by atoms with Crippen molar-refractivity contribution in [3.05, 3.63) is 47.2 Å². The third kappa shape index (κ3) is 2.03. The summed E-state index contributed by atoms with van der Waals surface area (Å²) in [6.45, 7) is 1.52. The van der Waals surface area contributed by atoms with Crippen LogP contribution in [0.3, 0.4) is 0 Å². The number of nitro benzene ring substituents is 1. The van der Waals surface area contributed by atoms with Crippen molar-refractivity contribution in [2.45, 2.75) is 6.92 Å². The van der Waals surface area contributed by atoms with E-state index < -0.39 is 16.0 Å². The minimum absolute atomic E-state index is 0.124. The molecule has 4 N–H and O–H groups in total. The van der Waals surface area contributed by atoms with Gasteiger partial charge in [-0.3, -0.25) is 29.9 Å². The lowest BCUT2D eigenvalue weighted by Crippen LogP contribution is -2.29. The molecule has 2 aromatic heterocycles. The number of nitrogens with zero attached hydrogens (tertiary/aromatic N) is 2. The van der Waals surface area contributed by atoms with E-state index in [4.69, 9.17) is 12.2 Å². The number of aromatic nitrogens is 5. The van der Waals surface area contributed by atoms with Gasteiger partial charge >= 0.3 is 11.1 Å². The Bertz CT molecular complexity index is 1090. The van der Waals surface area contributed by atoms with Gasteiger partial charge in [0.15, 0.2) is 5.82 Å². The fourth-order valence-corrected chi connectivity index (χ4v) is 2.36. The first-order chi connectivity index (χ1) is 10.4. The molecule has 0 unspecified atom stereocenters. The lowest BCUT2D eigenvalue weighted by molar-refractivity contribution is -0.385. The van der Waals surface area contributed by atoms with E-state index >= 15 is 0 Å². The molecule has 0 aliphatic heterocycles. The Hall–Kier alpha value is -3.08. The van der Waals surface area contributed by atoms with E-state index in [9.17, 15) is 19.7 Å². The summed E-state index contributed by atoms with van der Waals surface area (Å²) in [5, 5.41) is 16.4. The van der Waals surface area contributed by atoms with Crippen LogP contribution >= 0.6 is 12.2 Å². The number of hydrogen-bond acceptors (Lipinski definition) is 6. The zero-order valence-electron chi connectivity index (χ0n) is 11.0. The van der Waals surface area contributed by atoms with E-state index in [1.165, 1.54) is 13.0 Å². The summed E-state index contributed by atoms with van der Waals surface area (Å²) in [5.74, 6) is 0.221. The maximum absolute atomic E-state index is 11.6. The fourth-order valence-electron chi connectivity index (χ4n) is 2.22. The predicted molar refractivity (Wildman–Crippen MR) is 79.3 cm³/mol. The molecule has 2 heterocycles. The van der Waals surface area contributed by atoms with Crippen LogP contribution in [0.25, 0.3) is 22.4 Å². The first-order valence-electron chi connectivity index (χ1n) is 5.98. The minimum atomic E-state index is -0.897. The van der Waals surface area contributed by atoms with E-state index in [0.29, 0.717) is 0 Å². The number of benzene rings is 1. The quantitative estimate of drug-likeness (QED) is 0.238. The molecule has 22 heavy (non-hydrogen) atoms. The Morgan fingerprint density at radius 3 is 2.50 bits per heavy atom. The molecule has 112 valence electrons. The first kappa shape index (κ1) is 13.9. The van der Waals surface area contributed by atoms with Gasteiger partial charge in [-0.1, -0.05) is 0 Å². The number of nitrogens with one attached hydrogen (secondary N) is 4. The normalized spacial score (nSPS) is 11.0. The van der Waals surface area contributed by atoms with Crippen molar-refractivity contribution >= 4 is 28.9 Å². The molecule has 3 aromatic rings. The Morgan fingerprint density at radius 1 is 1.23 bits per heavy atom. The number of nitro groups is 1. The van der Waals surface area contributed by atoms with Crippen molar-refractivity contribution in [3.8, 4) is 11.4 Å². The van der Waals surface area contributed by atoms with Crippen molar-refractivity contribution in [1.29, 1.82) is 0 Å². The summed E-state index contributed by atoms with van der Waals surface area (Å²) in [7, 11) is 0. The molecule has 0 amide bonds. The van der Waals surface area contributed by atoms with Gasteiger partial charge in [0.25, 0.3) is 5.69 Å². The molecular weight excluding hydrogens is 312 g/mol. The van der Waals surface area contributed by atoms with Crippen molar-refractivity contribution in [1.82, 2.24) is 25.1 Å². The van der Waals surface area contributed by atoms with E-state index in [1.807, 2.05) is 0 Å². The van der Waals surface area contributed by atoms with Gasteiger partial charge in [-0.15, -0.1) is 0 Å². The van der Waals surface area contributed by atoms with Crippen LogP contribution in [0.5, 0.6) is 0 Å². The molecule has 11 heteroatoms. The minimum Gasteiger partial charge on any atom is -0.316 e. The van der Waals surface area contributed by atoms with Crippen molar-refractivity contribution in [3.63, 3.8) is 0 Å². The molecule has 0 spiro atoms. The molecule has 0 atom stereocenters. The van der Waals surface area contributed by atoms with Gasteiger partial charge in [-0.05, 0) is 19.1 Å². The van der Waals surface area contributed by atoms with Crippen molar-refractivity contribution in [2.75, 3.05) is 0 Å². The smallest absolute Gasteiger partial charge is 0.314 e. The predicted octanol–water partition coefficient (Wildman–Crippen LogP) is 0.881. The van der Waals surface area contributed by atoms with E-state index in [0.717, 1.165) is 0 Å². The van der Waals surface area contributed by atoms with Gasteiger partial charge < -0.3 is 9.97 Å². The molecule has 0 saturated carbocycles. The monoisotopic (exact) mass is 320 g/mol. The maximum Gasteiger partial charge on any atom is 0.314 e. The molecule has 10 nitrogen and oxygen atoms in total. The fraction of sp³-hybridized carbons (Fsp3) is 0.0909. The molecule has 3 rings (SSSR count). The number of fused-ring (bicyclic) bond motifs is 1. The molecular formula is C11H8N6O4S. The van der Waals surface area contributed by atoms with Gasteiger partial charge in [0, 0.05) is 11.6 Å². The highest BCUT2D eigenvalue weighted by Crippen LogP contribution is 2.33. The highest BCUT2D eigenvalue weighted by atomic mass is 32.1. The Balaban J connectivity index is 2.56. The van der Waals surface area contributed by atoms with Crippen LogP contribution in [-0.2, 0) is 0 Å². The van der Waals surface area contributed by atoms with Gasteiger partial charge in [0.05, 0.1) is 21.5 Å². The number of H-pyrrole nitrogens is 4. The summed E-state index contributed by atoms with van der Waals surface area (Å²) < 4.78 is 0.154. The Labute approximate surface area is 125 Å². The molecule has 0 aliphatic carbocycles. The largest absolute Gasteiger partial charge is 0.316 e. The average molecular weight is 320 g/mol. The van der Waals surface area contributed by atoms with Gasteiger partial charge in [-0.25, -0.2) is 0 Å². The molecule has 1 aromatic carbocycles. The highest BCUT2D eigenvalue weighted by molar-refractivity contribution is 7.71. The lowest BCUT2D eigenvalue weighted by atomic mass is 10.0. The Kier molecular flexibility index (Phi) is 2.99. The third-order valence-corrected chi connectivity index (χ3v) is 3.38. The second-order valence-electron chi connectivity index (χ2n) is 4.50. The zero-order valence-corrected chi connectivity index (χ0v) is 11.8. The third-order valence-electron chi connectivity index (χ3n) is 3.19. The number of hydrogen-bond donors (Lipinski definition) is 4. The lowest BCUT2D eigenvalue weighted by Gasteiger charge is -2.08. The maximum atomic E-state index is 11.6. The van der Waals surface area contributed by atoms with Gasteiger partial charge in [0.1, 0.15) is 0 Å². The van der Waals surface area contributed by atoms with E-state index in [1.54, 1.807) is 0 Å². The molecule has 0 aliphatic rings. The molecule has 0 radical (unpaired) electrons. The zero-order chi connectivity index (χ0) is 16.0. The van der Waals surface area contributed by atoms with Crippen LogP contribution in [0.2, 0.25) is 0 Å². The van der Waals surface area contributed by atoms with E-state index in [2.05, 4.69) is 25.1 Å². The van der Waals surface area contributed by atoms with E-state index in [-0.39, 0.29) is 38.4 Å². The van der Waals surface area contributed by atoms with Crippen molar-refractivity contribution < 1.29 is 4.92 Å². The topological polar surface area (TPSA) is 153 Å². The molecule has 0 bridgehead atoms. The summed E-state index contributed by atoms with van der Waals surface area (Å²) in [4.78, 5) is 42.3. The van der Waals surface area contributed by atoms with Crippen LogP contribution in [0, 0.1) is 21.8 Å². The number of aromatic amines is 4. The van der Waals surface area contributed by atoms with Gasteiger partial charge in [-0.2, -0.15) is 4.98 Å². The second-order valence-corrected chi connectivity index (χ2v) is 4.89. The second kappa shape index (κ2) is 4.73. The van der Waals surface area contributed by atoms with Crippen LogP contribution in [0.4, 0.5) is 5.69 Å². The van der Waals surface area contributed by atoms with Crippen LogP contribution in [0.1, 0.15) is 5.56 Å². The van der Waals surface area contributed by atoms with Gasteiger partial charge in [0.2, 0.25) is 4.77 Å². The number of rotatable bonds is 2. The van der Waals surface area contributed by atoms with Crippen LogP contribution < -0.4 is 11.1 Å². The first-order valence-corrected chi connectivity index (χ1v) is 6.38. The standard InChI is InChI=1S/C11H8N6O4S/c1-3-5(17(20)21)2-4-7(13-10(19)9(18)12-4)6(3)8-14-11(22)16-15-8/h2H,1H3,(H,12,18)(H,13,19)(H2,14,15,16,22). The van der Waals surface area contributed by atoms with Crippen molar-refractivity contribution in [2.24, 2.45) is 0 Å². The van der Waals surface area contributed by atoms with Crippen LogP contribution in [0.15, 0.2) is 15.7 Å². The summed E-state index contributed by atoms with van der Waals surface area (Å²) in [5.41, 5.74) is -1.07. The Morgan fingerprint density at radius 2 is 1.91 bits per heavy atom. The van der Waals surface area contributed by atoms with Crippen LogP contribution in [-0.4, -0.2) is 30.1 Å². The average Bonchev–Trinajstić information content (AvgIpc) is 2.86. The molecule has 0 fully saturated rings. The summed E-state index contributed by atoms with van der Waals surface area (Å²) in [6, 6.07) is 1.19. The highest BCUT2D eigenvalue weighted by Gasteiger charge is 2.22.